The average molecular weight is 489 g/mol. The molecule has 1 atom stereocenters. The van der Waals surface area contributed by atoms with Crippen LogP contribution in [0.1, 0.15) is 75.2 Å². The Morgan fingerprint density at radius 2 is 1.71 bits per heavy atom. The summed E-state index contributed by atoms with van der Waals surface area (Å²) in [6.45, 7) is 8.93. The van der Waals surface area contributed by atoms with Gasteiger partial charge in [-0.25, -0.2) is 13.5 Å². The Labute approximate surface area is 201 Å². The summed E-state index contributed by atoms with van der Waals surface area (Å²) in [7, 11) is 0. The summed E-state index contributed by atoms with van der Waals surface area (Å²) in [5.41, 5.74) is 11.8. The van der Waals surface area contributed by atoms with Gasteiger partial charge in [0.15, 0.2) is 11.6 Å². The predicted molar refractivity (Wildman–Crippen MR) is 128 cm³/mol. The fraction of sp³-hybridized carbons (Fsp3) is 0.417. The van der Waals surface area contributed by atoms with Crippen molar-refractivity contribution in [3.63, 3.8) is 0 Å². The zero-order valence-corrected chi connectivity index (χ0v) is 20.5. The van der Waals surface area contributed by atoms with Crippen LogP contribution >= 0.6 is 0 Å². The number of nitrogens with two attached hydrogens (primary N) is 2. The lowest BCUT2D eigenvalue weighted by Gasteiger charge is -2.28. The highest BCUT2D eigenvalue weighted by Crippen LogP contribution is 2.39. The van der Waals surface area contributed by atoms with Gasteiger partial charge >= 0.3 is 0 Å². The average Bonchev–Trinajstić information content (AvgIpc) is 3.37. The van der Waals surface area contributed by atoms with Crippen molar-refractivity contribution in [2.45, 2.75) is 64.8 Å². The number of benzene rings is 1. The molecule has 1 aromatic carbocycles. The first-order valence-electron chi connectivity index (χ1n) is 11.1. The Balaban J connectivity index is 1.79. The summed E-state index contributed by atoms with van der Waals surface area (Å²) < 4.78 is 34.4. The van der Waals surface area contributed by atoms with E-state index >= 15 is 0 Å². The van der Waals surface area contributed by atoms with Gasteiger partial charge in [-0.2, -0.15) is 5.10 Å². The standard InChI is InChI=1S/C24H30F2N6O3/c1-12(2)32-20(27)18(21(28)33)19(30-32)15-9-7-14(8-10-15)13(3)22(34)29-17-11-16(35-31-17)23(4,5)24(6,25)26/h7-13H,27H2,1-6H3,(H2,28,33)(H,29,31,34). The van der Waals surface area contributed by atoms with Gasteiger partial charge in [-0.15, -0.1) is 0 Å². The fourth-order valence-electron chi connectivity index (χ4n) is 3.45. The second-order valence-electron chi connectivity index (χ2n) is 9.43. The van der Waals surface area contributed by atoms with Gasteiger partial charge in [0.05, 0.1) is 11.3 Å². The van der Waals surface area contributed by atoms with Gasteiger partial charge in [0, 0.05) is 24.6 Å². The third-order valence-corrected chi connectivity index (χ3v) is 6.24. The van der Waals surface area contributed by atoms with Gasteiger partial charge in [0.2, 0.25) is 5.91 Å². The maximum atomic E-state index is 13.9. The van der Waals surface area contributed by atoms with E-state index in [0.29, 0.717) is 16.8 Å². The minimum atomic E-state index is -3.05. The molecule has 0 aliphatic heterocycles. The van der Waals surface area contributed by atoms with Crippen LogP contribution in [0.5, 0.6) is 0 Å². The number of carbonyl (C=O) groups excluding carboxylic acids is 2. The topological polar surface area (TPSA) is 142 Å². The lowest BCUT2D eigenvalue weighted by Crippen LogP contribution is -2.37. The largest absolute Gasteiger partial charge is 0.383 e. The van der Waals surface area contributed by atoms with Gasteiger partial charge in [-0.05, 0) is 40.2 Å². The number of alkyl halides is 2. The van der Waals surface area contributed by atoms with Crippen LogP contribution in [0, 0.1) is 0 Å². The molecule has 0 spiro atoms. The van der Waals surface area contributed by atoms with Crippen LogP contribution in [0.4, 0.5) is 20.4 Å². The SMILES string of the molecule is CC(C(=O)Nc1cc(C(C)(C)C(C)(F)F)on1)c1ccc(-c2nn(C(C)C)c(N)c2C(N)=O)cc1. The number of primary amides is 1. The molecule has 0 aliphatic carbocycles. The van der Waals surface area contributed by atoms with Crippen molar-refractivity contribution in [2.75, 3.05) is 11.1 Å². The normalized spacial score (nSPS) is 13.2. The van der Waals surface area contributed by atoms with Crippen molar-refractivity contribution in [1.29, 1.82) is 0 Å². The van der Waals surface area contributed by atoms with Crippen molar-refractivity contribution < 1.29 is 22.9 Å². The van der Waals surface area contributed by atoms with Gasteiger partial charge < -0.3 is 21.3 Å². The molecule has 0 radical (unpaired) electrons. The molecule has 188 valence electrons. The van der Waals surface area contributed by atoms with E-state index in [9.17, 15) is 18.4 Å². The summed E-state index contributed by atoms with van der Waals surface area (Å²) in [4.78, 5) is 24.7. The van der Waals surface area contributed by atoms with Crippen LogP contribution in [0.25, 0.3) is 11.3 Å². The molecule has 1 unspecified atom stereocenters. The lowest BCUT2D eigenvalue weighted by molar-refractivity contribution is -0.117. The van der Waals surface area contributed by atoms with E-state index < -0.39 is 29.1 Å². The molecule has 0 aliphatic rings. The summed E-state index contributed by atoms with van der Waals surface area (Å²) in [5.74, 6) is -4.53. The van der Waals surface area contributed by atoms with E-state index in [-0.39, 0.29) is 29.0 Å². The highest BCUT2D eigenvalue weighted by Gasteiger charge is 2.46. The van der Waals surface area contributed by atoms with E-state index in [1.807, 2.05) is 13.8 Å². The first-order valence-corrected chi connectivity index (χ1v) is 11.1. The first kappa shape index (κ1) is 25.9. The maximum absolute atomic E-state index is 13.9. The van der Waals surface area contributed by atoms with E-state index in [1.165, 1.54) is 24.6 Å². The number of hydrogen-bond donors (Lipinski definition) is 3. The van der Waals surface area contributed by atoms with E-state index in [1.54, 1.807) is 31.2 Å². The number of anilines is 2. The Kier molecular flexibility index (Phi) is 6.74. The van der Waals surface area contributed by atoms with Crippen LogP contribution in [-0.2, 0) is 10.2 Å². The van der Waals surface area contributed by atoms with Gasteiger partial charge in [-0.3, -0.25) is 9.59 Å². The molecule has 2 aromatic heterocycles. The van der Waals surface area contributed by atoms with Crippen molar-refractivity contribution in [2.24, 2.45) is 5.73 Å². The molecule has 0 saturated carbocycles. The second kappa shape index (κ2) is 9.12. The van der Waals surface area contributed by atoms with Crippen LogP contribution < -0.4 is 16.8 Å². The van der Waals surface area contributed by atoms with E-state index in [2.05, 4.69) is 15.6 Å². The molecule has 11 heteroatoms. The Morgan fingerprint density at radius 1 is 1.11 bits per heavy atom. The number of hydrogen-bond acceptors (Lipinski definition) is 6. The first-order chi connectivity index (χ1) is 16.1. The van der Waals surface area contributed by atoms with Crippen LogP contribution in [0.3, 0.4) is 0 Å². The third kappa shape index (κ3) is 4.89. The van der Waals surface area contributed by atoms with Crippen LogP contribution in [0.15, 0.2) is 34.9 Å². The highest BCUT2D eigenvalue weighted by molar-refractivity contribution is 6.03. The van der Waals surface area contributed by atoms with Crippen LogP contribution in [-0.4, -0.2) is 32.7 Å². The smallest absolute Gasteiger partial charge is 0.257 e. The van der Waals surface area contributed by atoms with E-state index in [4.69, 9.17) is 16.0 Å². The molecule has 2 amide bonds. The Bertz CT molecular complexity index is 1240. The minimum Gasteiger partial charge on any atom is -0.383 e. The van der Waals surface area contributed by atoms with Gasteiger partial charge in [0.1, 0.15) is 17.1 Å². The molecule has 0 fully saturated rings. The number of halogens is 2. The van der Waals surface area contributed by atoms with Crippen molar-refractivity contribution in [3.8, 4) is 11.3 Å². The second-order valence-corrected chi connectivity index (χ2v) is 9.43. The number of aromatic nitrogens is 3. The maximum Gasteiger partial charge on any atom is 0.257 e. The fourth-order valence-corrected chi connectivity index (χ4v) is 3.45. The quantitative estimate of drug-likeness (QED) is 0.427. The number of amides is 2. The highest BCUT2D eigenvalue weighted by atomic mass is 19.3. The number of nitrogens with one attached hydrogen (secondary N) is 1. The molecular weight excluding hydrogens is 458 g/mol. The zero-order chi connectivity index (χ0) is 26.3. The van der Waals surface area contributed by atoms with Crippen molar-refractivity contribution in [3.05, 3.63) is 47.2 Å². The lowest BCUT2D eigenvalue weighted by atomic mass is 9.84. The van der Waals surface area contributed by atoms with Gasteiger partial charge in [0.25, 0.3) is 11.8 Å². The molecule has 3 rings (SSSR count). The number of nitrogens with zero attached hydrogens (tertiary/aromatic N) is 3. The van der Waals surface area contributed by atoms with Crippen molar-refractivity contribution in [1.82, 2.24) is 14.9 Å². The summed E-state index contributed by atoms with van der Waals surface area (Å²) in [6, 6.07) is 8.12. The van der Waals surface area contributed by atoms with Crippen LogP contribution in [0.2, 0.25) is 0 Å². The molecule has 5 N–H and O–H groups in total. The molecule has 2 heterocycles. The third-order valence-electron chi connectivity index (χ3n) is 6.24. The molecule has 3 aromatic rings. The Hall–Kier alpha value is -3.76. The molecule has 0 bridgehead atoms. The molecule has 0 saturated heterocycles. The molecular formula is C24H30F2N6O3. The summed E-state index contributed by atoms with van der Waals surface area (Å²) >= 11 is 0. The zero-order valence-electron chi connectivity index (χ0n) is 20.5. The number of carbonyl (C=O) groups is 2. The summed E-state index contributed by atoms with van der Waals surface area (Å²) in [5, 5.41) is 10.8. The monoisotopic (exact) mass is 488 g/mol. The Morgan fingerprint density at radius 3 is 2.23 bits per heavy atom. The molecule has 35 heavy (non-hydrogen) atoms. The number of rotatable bonds is 8. The van der Waals surface area contributed by atoms with E-state index in [0.717, 1.165) is 6.92 Å². The van der Waals surface area contributed by atoms with Gasteiger partial charge in [-0.1, -0.05) is 29.4 Å². The number of nitrogen functional groups attached to an aromatic ring is 1. The summed E-state index contributed by atoms with van der Waals surface area (Å²) in [6.07, 6.45) is 0. The van der Waals surface area contributed by atoms with Crippen molar-refractivity contribution >= 4 is 23.5 Å². The predicted octanol–water partition coefficient (Wildman–Crippen LogP) is 4.48. The minimum absolute atomic E-state index is 0.0392. The molecule has 9 nitrogen and oxygen atoms in total.